The number of rotatable bonds is 5. The summed E-state index contributed by atoms with van der Waals surface area (Å²) in [5.74, 6) is -1.72. The van der Waals surface area contributed by atoms with Gasteiger partial charge in [0.1, 0.15) is 5.56 Å². The number of nitrogens with one attached hydrogen (secondary N) is 1. The first kappa shape index (κ1) is 18.2. The molecule has 1 aliphatic heterocycles. The molecule has 0 aromatic heterocycles. The van der Waals surface area contributed by atoms with Crippen LogP contribution in [-0.2, 0) is 4.79 Å². The number of anilines is 1. The maximum absolute atomic E-state index is 12.5. The molecular weight excluding hydrogens is 350 g/mol. The van der Waals surface area contributed by atoms with Crippen LogP contribution in [0.25, 0.3) is 0 Å². The first-order chi connectivity index (χ1) is 12.8. The Morgan fingerprint density at radius 3 is 2.33 bits per heavy atom. The van der Waals surface area contributed by atoms with E-state index in [9.17, 15) is 24.5 Å². The van der Waals surface area contributed by atoms with Gasteiger partial charge < -0.3 is 5.32 Å². The summed E-state index contributed by atoms with van der Waals surface area (Å²) in [7, 11) is 0. The van der Waals surface area contributed by atoms with Crippen LogP contribution in [0, 0.1) is 24.0 Å². The predicted molar refractivity (Wildman–Crippen MR) is 97.6 cm³/mol. The molecule has 1 heterocycles. The van der Waals surface area contributed by atoms with Crippen LogP contribution in [0.15, 0.2) is 36.4 Å². The first-order valence-corrected chi connectivity index (χ1v) is 8.31. The third-order valence-electron chi connectivity index (χ3n) is 4.48. The van der Waals surface area contributed by atoms with E-state index in [1.165, 1.54) is 18.2 Å². The van der Waals surface area contributed by atoms with Crippen molar-refractivity contribution < 1.29 is 19.3 Å². The van der Waals surface area contributed by atoms with Crippen molar-refractivity contribution in [3.63, 3.8) is 0 Å². The number of nitro benzene ring substituents is 1. The Bertz CT molecular complexity index is 963. The Labute approximate surface area is 154 Å². The molecule has 0 radical (unpaired) electrons. The van der Waals surface area contributed by atoms with Crippen molar-refractivity contribution in [1.29, 1.82) is 0 Å². The Kier molecular flexibility index (Phi) is 4.72. The minimum atomic E-state index is -0.748. The van der Waals surface area contributed by atoms with E-state index in [-0.39, 0.29) is 30.0 Å². The van der Waals surface area contributed by atoms with E-state index >= 15 is 0 Å². The molecule has 0 spiro atoms. The molecule has 0 saturated carbocycles. The van der Waals surface area contributed by atoms with Crippen molar-refractivity contribution in [3.8, 4) is 0 Å². The van der Waals surface area contributed by atoms with E-state index in [0.717, 1.165) is 16.0 Å². The lowest BCUT2D eigenvalue weighted by Crippen LogP contribution is -2.33. The van der Waals surface area contributed by atoms with Crippen LogP contribution in [0.5, 0.6) is 0 Å². The summed E-state index contributed by atoms with van der Waals surface area (Å²) in [6.07, 6.45) is -0.104. The van der Waals surface area contributed by atoms with Gasteiger partial charge in [-0.15, -0.1) is 0 Å². The van der Waals surface area contributed by atoms with Gasteiger partial charge in [0, 0.05) is 24.7 Å². The molecule has 0 unspecified atom stereocenters. The summed E-state index contributed by atoms with van der Waals surface area (Å²) >= 11 is 0. The third-order valence-corrected chi connectivity index (χ3v) is 4.48. The minimum Gasteiger partial charge on any atom is -0.326 e. The number of nitrogens with zero attached hydrogens (tertiary/aromatic N) is 2. The number of fused-ring (bicyclic) bond motifs is 1. The summed E-state index contributed by atoms with van der Waals surface area (Å²) in [4.78, 5) is 48.5. The van der Waals surface area contributed by atoms with E-state index in [1.54, 1.807) is 0 Å². The molecule has 27 heavy (non-hydrogen) atoms. The van der Waals surface area contributed by atoms with Gasteiger partial charge in [-0.1, -0.05) is 24.3 Å². The summed E-state index contributed by atoms with van der Waals surface area (Å²) in [6.45, 7) is 3.58. The molecule has 2 aromatic carbocycles. The Balaban J connectivity index is 1.73. The third kappa shape index (κ3) is 3.29. The Morgan fingerprint density at radius 1 is 1.07 bits per heavy atom. The topological polar surface area (TPSA) is 110 Å². The van der Waals surface area contributed by atoms with Gasteiger partial charge in [0.15, 0.2) is 0 Å². The van der Waals surface area contributed by atoms with Crippen molar-refractivity contribution in [2.24, 2.45) is 0 Å². The van der Waals surface area contributed by atoms with Crippen LogP contribution < -0.4 is 5.32 Å². The van der Waals surface area contributed by atoms with Gasteiger partial charge in [-0.3, -0.25) is 29.4 Å². The van der Waals surface area contributed by atoms with E-state index in [2.05, 4.69) is 5.32 Å². The largest absolute Gasteiger partial charge is 0.326 e. The van der Waals surface area contributed by atoms with Crippen molar-refractivity contribution >= 4 is 29.1 Å². The predicted octanol–water partition coefficient (Wildman–Crippen LogP) is 2.84. The van der Waals surface area contributed by atoms with E-state index in [1.807, 2.05) is 32.0 Å². The monoisotopic (exact) mass is 367 g/mol. The quantitative estimate of drug-likeness (QED) is 0.496. The summed E-state index contributed by atoms with van der Waals surface area (Å²) in [6, 6.07) is 9.53. The molecule has 3 rings (SSSR count). The number of benzene rings is 2. The van der Waals surface area contributed by atoms with Gasteiger partial charge in [0.2, 0.25) is 5.91 Å². The lowest BCUT2D eigenvalue weighted by molar-refractivity contribution is -0.385. The van der Waals surface area contributed by atoms with Gasteiger partial charge in [-0.05, 0) is 31.0 Å². The molecule has 0 aliphatic carbocycles. The first-order valence-electron chi connectivity index (χ1n) is 8.31. The van der Waals surface area contributed by atoms with Gasteiger partial charge in [-0.2, -0.15) is 0 Å². The molecule has 0 saturated heterocycles. The van der Waals surface area contributed by atoms with Crippen LogP contribution in [0.3, 0.4) is 0 Å². The fraction of sp³-hybridized carbons (Fsp3) is 0.211. The fourth-order valence-corrected chi connectivity index (χ4v) is 3.10. The lowest BCUT2D eigenvalue weighted by atomic mass is 10.1. The highest BCUT2D eigenvalue weighted by Gasteiger charge is 2.40. The second-order valence-electron chi connectivity index (χ2n) is 6.28. The van der Waals surface area contributed by atoms with Crippen LogP contribution in [0.2, 0.25) is 0 Å². The summed E-state index contributed by atoms with van der Waals surface area (Å²) < 4.78 is 0. The summed E-state index contributed by atoms with van der Waals surface area (Å²) in [5, 5.41) is 13.9. The van der Waals surface area contributed by atoms with Gasteiger partial charge in [0.05, 0.1) is 10.5 Å². The van der Waals surface area contributed by atoms with Crippen molar-refractivity contribution in [2.75, 3.05) is 11.9 Å². The highest BCUT2D eigenvalue weighted by Crippen LogP contribution is 2.30. The zero-order chi connectivity index (χ0) is 19.7. The normalized spacial score (nSPS) is 12.9. The summed E-state index contributed by atoms with van der Waals surface area (Å²) in [5.41, 5.74) is 1.86. The average molecular weight is 367 g/mol. The van der Waals surface area contributed by atoms with Crippen LogP contribution in [-0.4, -0.2) is 34.1 Å². The zero-order valence-corrected chi connectivity index (χ0v) is 14.8. The molecule has 1 aliphatic rings. The van der Waals surface area contributed by atoms with Gasteiger partial charge >= 0.3 is 0 Å². The van der Waals surface area contributed by atoms with Crippen LogP contribution in [0.4, 0.5) is 11.4 Å². The van der Waals surface area contributed by atoms with E-state index in [0.29, 0.717) is 5.69 Å². The van der Waals surface area contributed by atoms with Crippen LogP contribution >= 0.6 is 0 Å². The highest BCUT2D eigenvalue weighted by atomic mass is 16.6. The molecule has 8 heteroatoms. The molecule has 138 valence electrons. The number of para-hydroxylation sites is 1. The zero-order valence-electron chi connectivity index (χ0n) is 14.8. The molecule has 0 fully saturated rings. The standard InChI is InChI=1S/C19H17N3O5/c1-11-5-3-6-12(2)17(11)20-15(23)9-10-21-18(24)13-7-4-8-14(22(26)27)16(13)19(21)25/h3-8H,9-10H2,1-2H3,(H,20,23). The number of hydrogen-bond acceptors (Lipinski definition) is 5. The molecular formula is C19H17N3O5. The van der Waals surface area contributed by atoms with Crippen molar-refractivity contribution in [1.82, 2.24) is 4.90 Å². The van der Waals surface area contributed by atoms with Crippen molar-refractivity contribution in [2.45, 2.75) is 20.3 Å². The Hall–Kier alpha value is -3.55. The molecule has 1 N–H and O–H groups in total. The highest BCUT2D eigenvalue weighted by molar-refractivity contribution is 6.23. The molecule has 0 bridgehead atoms. The maximum Gasteiger partial charge on any atom is 0.282 e. The minimum absolute atomic E-state index is 0.00986. The number of hydrogen-bond donors (Lipinski definition) is 1. The number of nitro groups is 1. The van der Waals surface area contributed by atoms with Gasteiger partial charge in [-0.25, -0.2) is 0 Å². The number of amides is 3. The second-order valence-corrected chi connectivity index (χ2v) is 6.28. The number of imide groups is 1. The molecule has 2 aromatic rings. The van der Waals surface area contributed by atoms with E-state index in [4.69, 9.17) is 0 Å². The van der Waals surface area contributed by atoms with Crippen LogP contribution in [0.1, 0.15) is 38.3 Å². The number of carbonyl (C=O) groups excluding carboxylic acids is 3. The number of carbonyl (C=O) groups is 3. The second kappa shape index (κ2) is 6.99. The maximum atomic E-state index is 12.5. The average Bonchev–Trinajstić information content (AvgIpc) is 2.87. The molecule has 8 nitrogen and oxygen atoms in total. The molecule has 0 atom stereocenters. The van der Waals surface area contributed by atoms with Crippen molar-refractivity contribution in [3.05, 3.63) is 68.8 Å². The molecule has 3 amide bonds. The Morgan fingerprint density at radius 2 is 1.70 bits per heavy atom. The number of aryl methyl sites for hydroxylation is 2. The smallest absolute Gasteiger partial charge is 0.282 e. The van der Waals surface area contributed by atoms with Gasteiger partial charge in [0.25, 0.3) is 17.5 Å². The SMILES string of the molecule is Cc1cccc(C)c1NC(=O)CCN1C(=O)c2cccc([N+](=O)[O-])c2C1=O. The van der Waals surface area contributed by atoms with E-state index < -0.39 is 22.4 Å². The fourth-order valence-electron chi connectivity index (χ4n) is 3.10. The lowest BCUT2D eigenvalue weighted by Gasteiger charge is -2.15.